The number of benzene rings is 1. The van der Waals surface area contributed by atoms with Crippen LogP contribution in [-0.2, 0) is 16.4 Å². The highest BCUT2D eigenvalue weighted by atomic mass is 32.2. The van der Waals surface area contributed by atoms with E-state index in [1.807, 2.05) is 0 Å². The zero-order chi connectivity index (χ0) is 25.0. The second-order valence-corrected chi connectivity index (χ2v) is 10.7. The predicted octanol–water partition coefficient (Wildman–Crippen LogP) is 2.97. The molecular weight excluding hydrogens is 470 g/mol. The lowest BCUT2D eigenvalue weighted by molar-refractivity contribution is 0.239. The first kappa shape index (κ1) is 24.5. The Morgan fingerprint density at radius 1 is 1.14 bits per heavy atom. The lowest BCUT2D eigenvalue weighted by Gasteiger charge is -2.12. The highest BCUT2D eigenvalue weighted by Gasteiger charge is 2.23. The average Bonchev–Trinajstić information content (AvgIpc) is 3.40. The minimum absolute atomic E-state index is 0.0219. The summed E-state index contributed by atoms with van der Waals surface area (Å²) < 4.78 is 28.2. The van der Waals surface area contributed by atoms with Crippen molar-refractivity contribution in [2.24, 2.45) is 11.8 Å². The smallest absolute Gasteiger partial charge is 0.328 e. The van der Waals surface area contributed by atoms with Gasteiger partial charge >= 0.3 is 12.1 Å². The molecule has 1 fully saturated rings. The predicted molar refractivity (Wildman–Crippen MR) is 131 cm³/mol. The molecule has 0 aliphatic heterocycles. The second kappa shape index (κ2) is 10.3. The molecule has 2 unspecified atom stereocenters. The summed E-state index contributed by atoms with van der Waals surface area (Å²) in [5.41, 5.74) is 1.31. The lowest BCUT2D eigenvalue weighted by atomic mass is 10.1. The van der Waals surface area contributed by atoms with E-state index in [-0.39, 0.29) is 17.3 Å². The molecule has 3 amide bonds. The van der Waals surface area contributed by atoms with E-state index < -0.39 is 22.1 Å². The number of aromatic hydroxyl groups is 1. The molecule has 35 heavy (non-hydrogen) atoms. The van der Waals surface area contributed by atoms with E-state index in [1.54, 1.807) is 30.5 Å². The number of sulfonamides is 1. The van der Waals surface area contributed by atoms with Gasteiger partial charge in [0, 0.05) is 25.5 Å². The van der Waals surface area contributed by atoms with Crippen LogP contribution in [-0.4, -0.2) is 48.2 Å². The number of carbonyl (C=O) groups excluding carboxylic acids is 2. The molecule has 4 rings (SSSR count). The number of hydrogen-bond acceptors (Lipinski definition) is 6. The molecule has 2 heterocycles. The molecule has 1 aromatic carbocycles. The number of urea groups is 1. The van der Waals surface area contributed by atoms with Crippen molar-refractivity contribution in [1.29, 1.82) is 0 Å². The first-order valence-corrected chi connectivity index (χ1v) is 13.0. The second-order valence-electron chi connectivity index (χ2n) is 8.98. The largest absolute Gasteiger partial charge is 0.494 e. The Labute approximate surface area is 203 Å². The van der Waals surface area contributed by atoms with Gasteiger partial charge in [-0.05, 0) is 60.9 Å². The summed E-state index contributed by atoms with van der Waals surface area (Å²) in [6, 6.07) is 8.21. The molecule has 10 nitrogen and oxygen atoms in total. The van der Waals surface area contributed by atoms with E-state index in [4.69, 9.17) is 0 Å². The maximum Gasteiger partial charge on any atom is 0.328 e. The Hall–Kier alpha value is -3.60. The Bertz CT molecular complexity index is 1320. The Morgan fingerprint density at radius 3 is 2.60 bits per heavy atom. The van der Waals surface area contributed by atoms with Crippen LogP contribution >= 0.6 is 0 Å². The van der Waals surface area contributed by atoms with Crippen molar-refractivity contribution in [2.45, 2.75) is 37.5 Å². The van der Waals surface area contributed by atoms with E-state index in [1.165, 1.54) is 18.3 Å². The van der Waals surface area contributed by atoms with Crippen LogP contribution in [0.15, 0.2) is 53.7 Å². The van der Waals surface area contributed by atoms with Crippen molar-refractivity contribution >= 4 is 33.0 Å². The number of nitrogens with zero attached hydrogens (tertiary/aromatic N) is 2. The van der Waals surface area contributed by atoms with Gasteiger partial charge in [0.2, 0.25) is 5.88 Å². The third-order valence-electron chi connectivity index (χ3n) is 6.28. The topological polar surface area (TPSA) is 142 Å². The number of pyridine rings is 1. The maximum atomic E-state index is 12.5. The zero-order valence-electron chi connectivity index (χ0n) is 19.4. The first-order valence-electron chi connectivity index (χ1n) is 11.6. The van der Waals surface area contributed by atoms with Gasteiger partial charge in [-0.25, -0.2) is 27.3 Å². The van der Waals surface area contributed by atoms with Gasteiger partial charge in [-0.2, -0.15) is 0 Å². The molecule has 0 radical (unpaired) electrons. The molecule has 2 aromatic heterocycles. The monoisotopic (exact) mass is 499 g/mol. The highest BCUT2D eigenvalue weighted by molar-refractivity contribution is 7.90. The molecule has 1 aliphatic rings. The number of aromatic nitrogens is 2. The molecule has 2 atom stereocenters. The normalized spacial score (nSPS) is 17.9. The standard InChI is InChI=1S/C24H29N5O5S/c1-16-4-5-18(13-16)14-27-23(31)28-35(33,34)19-8-6-17(7-9-19)10-12-26-24(32)29-15-21-20(22(29)30)3-2-11-25-21/h2-3,6-9,11,15-16,18,30H,4-5,10,12-14H2,1H3,(H,26,32)(H2,27,28,31). The van der Waals surface area contributed by atoms with Gasteiger partial charge in [-0.3, -0.25) is 4.98 Å². The van der Waals surface area contributed by atoms with Crippen molar-refractivity contribution in [3.8, 4) is 5.88 Å². The van der Waals surface area contributed by atoms with Gasteiger partial charge < -0.3 is 15.7 Å². The van der Waals surface area contributed by atoms with Crippen molar-refractivity contribution in [2.75, 3.05) is 13.1 Å². The number of carbonyl (C=O) groups is 2. The van der Waals surface area contributed by atoms with Crippen LogP contribution in [0.25, 0.3) is 10.9 Å². The van der Waals surface area contributed by atoms with Gasteiger partial charge in [-0.1, -0.05) is 25.5 Å². The summed E-state index contributed by atoms with van der Waals surface area (Å²) in [7, 11) is -3.99. The fourth-order valence-electron chi connectivity index (χ4n) is 4.38. The molecule has 1 saturated carbocycles. The van der Waals surface area contributed by atoms with Crippen LogP contribution in [0.2, 0.25) is 0 Å². The minimum Gasteiger partial charge on any atom is -0.494 e. The lowest BCUT2D eigenvalue weighted by Crippen LogP contribution is -2.41. The molecule has 4 N–H and O–H groups in total. The molecule has 186 valence electrons. The van der Waals surface area contributed by atoms with Gasteiger partial charge in [0.05, 0.1) is 15.8 Å². The molecule has 0 saturated heterocycles. The molecule has 0 bridgehead atoms. The van der Waals surface area contributed by atoms with E-state index >= 15 is 0 Å². The third-order valence-corrected chi connectivity index (χ3v) is 7.63. The molecule has 0 spiro atoms. The zero-order valence-corrected chi connectivity index (χ0v) is 20.2. The summed E-state index contributed by atoms with van der Waals surface area (Å²) in [6.07, 6.45) is 6.68. The quantitative estimate of drug-likeness (QED) is 0.394. The fourth-order valence-corrected chi connectivity index (χ4v) is 5.30. The summed E-state index contributed by atoms with van der Waals surface area (Å²) in [6.45, 7) is 2.91. The molecule has 11 heteroatoms. The van der Waals surface area contributed by atoms with Crippen LogP contribution in [0, 0.1) is 11.8 Å². The van der Waals surface area contributed by atoms with Crippen molar-refractivity contribution in [1.82, 2.24) is 24.9 Å². The Kier molecular flexibility index (Phi) is 7.25. The Morgan fingerprint density at radius 2 is 1.91 bits per heavy atom. The van der Waals surface area contributed by atoms with E-state index in [0.29, 0.717) is 35.7 Å². The van der Waals surface area contributed by atoms with Crippen molar-refractivity contribution in [3.63, 3.8) is 0 Å². The fraction of sp³-hybridized carbons (Fsp3) is 0.375. The number of rotatable bonds is 7. The van der Waals surface area contributed by atoms with Crippen LogP contribution in [0.3, 0.4) is 0 Å². The minimum atomic E-state index is -3.99. The van der Waals surface area contributed by atoms with E-state index in [0.717, 1.165) is 29.4 Å². The third kappa shape index (κ3) is 5.91. The van der Waals surface area contributed by atoms with Gasteiger partial charge in [0.15, 0.2) is 0 Å². The van der Waals surface area contributed by atoms with E-state index in [2.05, 4.69) is 27.3 Å². The summed E-state index contributed by atoms with van der Waals surface area (Å²) >= 11 is 0. The molecule has 1 aliphatic carbocycles. The summed E-state index contributed by atoms with van der Waals surface area (Å²) in [4.78, 5) is 28.6. The average molecular weight is 500 g/mol. The summed E-state index contributed by atoms with van der Waals surface area (Å²) in [5.74, 6) is 0.837. The van der Waals surface area contributed by atoms with Gasteiger partial charge in [0.1, 0.15) is 0 Å². The van der Waals surface area contributed by atoms with Crippen LogP contribution in [0.1, 0.15) is 31.7 Å². The van der Waals surface area contributed by atoms with Crippen LogP contribution < -0.4 is 15.4 Å². The number of nitrogens with one attached hydrogen (secondary N) is 3. The van der Waals surface area contributed by atoms with Crippen molar-refractivity contribution < 1.29 is 23.1 Å². The highest BCUT2D eigenvalue weighted by Crippen LogP contribution is 2.29. The molecular formula is C24H29N5O5S. The summed E-state index contributed by atoms with van der Waals surface area (Å²) in [5, 5.41) is 16.1. The number of fused-ring (bicyclic) bond motifs is 1. The van der Waals surface area contributed by atoms with E-state index in [9.17, 15) is 23.1 Å². The van der Waals surface area contributed by atoms with Gasteiger partial charge in [-0.15, -0.1) is 0 Å². The first-order chi connectivity index (χ1) is 16.7. The Balaban J connectivity index is 1.26. The SMILES string of the molecule is CC1CCC(CNC(=O)NS(=O)(=O)c2ccc(CCNC(=O)n3cc4ncccc4c3O)cc2)C1. The number of hydrogen-bond donors (Lipinski definition) is 4. The maximum absolute atomic E-state index is 12.5. The molecule has 3 aromatic rings. The van der Waals surface area contributed by atoms with Crippen LogP contribution in [0.5, 0.6) is 5.88 Å². The van der Waals surface area contributed by atoms with Gasteiger partial charge in [0.25, 0.3) is 10.0 Å². The number of amides is 3. The van der Waals surface area contributed by atoms with Crippen LogP contribution in [0.4, 0.5) is 9.59 Å². The van der Waals surface area contributed by atoms with Crippen molar-refractivity contribution in [3.05, 3.63) is 54.4 Å².